The molecule has 126 valence electrons. The van der Waals surface area contributed by atoms with Gasteiger partial charge in [0.2, 0.25) is 0 Å². The molecule has 2 aromatic rings. The number of carbonyl (C=O) groups is 1. The van der Waals surface area contributed by atoms with Crippen LogP contribution in [0.15, 0.2) is 67.0 Å². The largest absolute Gasteiger partial charge is 0.376 e. The van der Waals surface area contributed by atoms with Crippen molar-refractivity contribution in [1.29, 1.82) is 0 Å². The number of aromatic nitrogens is 1. The molecule has 1 aliphatic heterocycles. The number of allylic oxidation sites excluding steroid dienone is 2. The molecule has 2 unspecified atom stereocenters. The molecule has 1 aromatic heterocycles. The van der Waals surface area contributed by atoms with E-state index in [1.54, 1.807) is 12.3 Å². The molecule has 3 nitrogen and oxygen atoms in total. The topological polar surface area (TPSA) is 33.2 Å². The zero-order valence-electron chi connectivity index (χ0n) is 14.4. The van der Waals surface area contributed by atoms with Gasteiger partial charge in [0, 0.05) is 42.8 Å². The second-order valence-electron chi connectivity index (χ2n) is 7.01. The average molecular weight is 330 g/mol. The van der Waals surface area contributed by atoms with E-state index in [-0.39, 0.29) is 5.78 Å². The summed E-state index contributed by atoms with van der Waals surface area (Å²) in [6.07, 6.45) is 8.84. The van der Waals surface area contributed by atoms with E-state index in [4.69, 9.17) is 0 Å². The first-order valence-electron chi connectivity index (χ1n) is 8.84. The van der Waals surface area contributed by atoms with Crippen molar-refractivity contribution in [3.05, 3.63) is 83.8 Å². The highest BCUT2D eigenvalue weighted by Gasteiger charge is 2.35. The maximum absolute atomic E-state index is 12.2. The summed E-state index contributed by atoms with van der Waals surface area (Å²) < 4.78 is 0. The molecule has 4 rings (SSSR count). The molecular weight excluding hydrogens is 308 g/mol. The highest BCUT2D eigenvalue weighted by atomic mass is 16.1. The van der Waals surface area contributed by atoms with Crippen molar-refractivity contribution >= 4 is 11.4 Å². The molecule has 1 aliphatic carbocycles. The molecule has 0 spiro atoms. The number of hydrogen-bond donors (Lipinski definition) is 0. The minimum atomic E-state index is 0.0186. The summed E-state index contributed by atoms with van der Waals surface area (Å²) in [7, 11) is 0. The van der Waals surface area contributed by atoms with Gasteiger partial charge < -0.3 is 4.90 Å². The Balaban J connectivity index is 1.38. The smallest absolute Gasteiger partial charge is 0.188 e. The van der Waals surface area contributed by atoms with E-state index in [1.165, 1.54) is 11.1 Å². The number of hydrogen-bond acceptors (Lipinski definition) is 3. The number of aryl methyl sites for hydroxylation is 1. The zero-order valence-corrected chi connectivity index (χ0v) is 14.4. The number of fused-ring (bicyclic) bond motifs is 1. The summed E-state index contributed by atoms with van der Waals surface area (Å²) in [5.41, 5.74) is 4.39. The molecule has 0 amide bonds. The number of nitrogens with zero attached hydrogens (tertiary/aromatic N) is 2. The lowest BCUT2D eigenvalue weighted by atomic mass is 9.98. The van der Waals surface area contributed by atoms with Gasteiger partial charge in [-0.3, -0.25) is 9.78 Å². The molecule has 1 fully saturated rings. The molecular formula is C22H22N2O. The van der Waals surface area contributed by atoms with E-state index in [2.05, 4.69) is 46.3 Å². The zero-order chi connectivity index (χ0) is 17.2. The Hall–Kier alpha value is -2.68. The number of carbonyl (C=O) groups excluding carboxylic acids is 1. The summed E-state index contributed by atoms with van der Waals surface area (Å²) >= 11 is 0. The minimum Gasteiger partial charge on any atom is -0.376 e. The lowest BCUT2D eigenvalue weighted by molar-refractivity contribution is 0.104. The normalized spacial score (nSPS) is 22.3. The fraction of sp³-hybridized carbons (Fsp3) is 0.273. The minimum absolute atomic E-state index is 0.0186. The first-order valence-corrected chi connectivity index (χ1v) is 8.84. The maximum Gasteiger partial charge on any atom is 0.188 e. The molecule has 0 bridgehead atoms. The molecule has 2 heterocycles. The van der Waals surface area contributed by atoms with E-state index in [0.717, 1.165) is 25.2 Å². The van der Waals surface area contributed by atoms with Crippen molar-refractivity contribution in [2.45, 2.75) is 13.3 Å². The van der Waals surface area contributed by atoms with E-state index in [0.29, 0.717) is 17.4 Å². The monoisotopic (exact) mass is 330 g/mol. The Morgan fingerprint density at radius 1 is 1.16 bits per heavy atom. The predicted molar refractivity (Wildman–Crippen MR) is 100 cm³/mol. The standard InChI is InChI=1S/C22H22N2O/c1-16-7-8-18(13-23-16)22(25)9-10-24-14-20-11-19(12-21(20)15-24)17-5-3-2-4-6-17/h2-11,13,20-21H,12,14-15H2,1H3/b10-9+. The highest BCUT2D eigenvalue weighted by Crippen LogP contribution is 2.40. The highest BCUT2D eigenvalue weighted by molar-refractivity contribution is 6.04. The van der Waals surface area contributed by atoms with Crippen LogP contribution in [0.2, 0.25) is 0 Å². The lowest BCUT2D eigenvalue weighted by Crippen LogP contribution is -2.14. The van der Waals surface area contributed by atoms with E-state index in [1.807, 2.05) is 25.3 Å². The van der Waals surface area contributed by atoms with Gasteiger partial charge in [-0.2, -0.15) is 0 Å². The Bertz CT molecular complexity index is 821. The fourth-order valence-corrected chi connectivity index (χ4v) is 3.82. The van der Waals surface area contributed by atoms with Crippen molar-refractivity contribution in [3.63, 3.8) is 0 Å². The van der Waals surface area contributed by atoms with Crippen LogP contribution >= 0.6 is 0 Å². The first-order chi connectivity index (χ1) is 12.2. The first kappa shape index (κ1) is 15.8. The maximum atomic E-state index is 12.2. The van der Waals surface area contributed by atoms with Crippen molar-refractivity contribution in [1.82, 2.24) is 9.88 Å². The van der Waals surface area contributed by atoms with Crippen LogP contribution in [0.25, 0.3) is 5.57 Å². The summed E-state index contributed by atoms with van der Waals surface area (Å²) in [6.45, 7) is 3.94. The van der Waals surface area contributed by atoms with Gasteiger partial charge in [0.25, 0.3) is 0 Å². The Kier molecular flexibility index (Phi) is 4.22. The third-order valence-electron chi connectivity index (χ3n) is 5.19. The Labute approximate surface area is 148 Å². The third kappa shape index (κ3) is 3.41. The molecule has 0 saturated carbocycles. The Morgan fingerprint density at radius 3 is 2.72 bits per heavy atom. The van der Waals surface area contributed by atoms with Crippen LogP contribution in [0.1, 0.15) is 28.0 Å². The van der Waals surface area contributed by atoms with Gasteiger partial charge in [0.05, 0.1) is 0 Å². The quantitative estimate of drug-likeness (QED) is 0.624. The second-order valence-corrected chi connectivity index (χ2v) is 7.01. The van der Waals surface area contributed by atoms with Crippen molar-refractivity contribution in [2.24, 2.45) is 11.8 Å². The molecule has 2 atom stereocenters. The SMILES string of the molecule is Cc1ccc(C(=O)/C=C/N2CC3C=C(c4ccccc4)CC3C2)cn1. The number of rotatable bonds is 4. The number of likely N-dealkylation sites (tertiary alicyclic amines) is 1. The van der Waals surface area contributed by atoms with Crippen LogP contribution in [0.5, 0.6) is 0 Å². The van der Waals surface area contributed by atoms with E-state index in [9.17, 15) is 4.79 Å². The molecule has 2 aliphatic rings. The predicted octanol–water partition coefficient (Wildman–Crippen LogP) is 4.12. The lowest BCUT2D eigenvalue weighted by Gasteiger charge is -2.14. The van der Waals surface area contributed by atoms with Gasteiger partial charge in [-0.15, -0.1) is 0 Å². The van der Waals surface area contributed by atoms with Crippen LogP contribution in [0, 0.1) is 18.8 Å². The molecule has 0 radical (unpaired) electrons. The number of benzene rings is 1. The van der Waals surface area contributed by atoms with Crippen LogP contribution in [0.4, 0.5) is 0 Å². The molecule has 1 saturated heterocycles. The van der Waals surface area contributed by atoms with Gasteiger partial charge in [-0.05, 0) is 48.4 Å². The van der Waals surface area contributed by atoms with Gasteiger partial charge in [-0.1, -0.05) is 36.4 Å². The summed E-state index contributed by atoms with van der Waals surface area (Å²) in [5, 5.41) is 0. The second kappa shape index (κ2) is 6.67. The molecule has 25 heavy (non-hydrogen) atoms. The van der Waals surface area contributed by atoms with Crippen molar-refractivity contribution in [3.8, 4) is 0 Å². The van der Waals surface area contributed by atoms with E-state index < -0.39 is 0 Å². The van der Waals surface area contributed by atoms with Gasteiger partial charge in [-0.25, -0.2) is 0 Å². The van der Waals surface area contributed by atoms with Crippen LogP contribution in [-0.2, 0) is 0 Å². The average Bonchev–Trinajstić information content (AvgIpc) is 3.20. The van der Waals surface area contributed by atoms with Crippen molar-refractivity contribution in [2.75, 3.05) is 13.1 Å². The fourth-order valence-electron chi connectivity index (χ4n) is 3.82. The molecule has 1 aromatic carbocycles. The van der Waals surface area contributed by atoms with Crippen LogP contribution in [0.3, 0.4) is 0 Å². The van der Waals surface area contributed by atoms with Crippen LogP contribution in [-0.4, -0.2) is 28.8 Å². The Morgan fingerprint density at radius 2 is 2.00 bits per heavy atom. The number of ketones is 1. The van der Waals surface area contributed by atoms with Crippen molar-refractivity contribution < 1.29 is 4.79 Å². The van der Waals surface area contributed by atoms with Gasteiger partial charge in [0.1, 0.15) is 0 Å². The number of pyridine rings is 1. The summed E-state index contributed by atoms with van der Waals surface area (Å²) in [4.78, 5) is 18.7. The summed E-state index contributed by atoms with van der Waals surface area (Å²) in [5.74, 6) is 1.28. The van der Waals surface area contributed by atoms with Gasteiger partial charge in [0.15, 0.2) is 5.78 Å². The third-order valence-corrected chi connectivity index (χ3v) is 5.19. The molecule has 3 heteroatoms. The van der Waals surface area contributed by atoms with Crippen LogP contribution < -0.4 is 0 Å². The molecule has 0 N–H and O–H groups in total. The summed E-state index contributed by atoms with van der Waals surface area (Å²) in [6, 6.07) is 14.4. The van der Waals surface area contributed by atoms with Gasteiger partial charge >= 0.3 is 0 Å². The van der Waals surface area contributed by atoms with E-state index >= 15 is 0 Å².